The van der Waals surface area contributed by atoms with E-state index in [0.29, 0.717) is 99.8 Å². The second-order valence-electron chi connectivity index (χ2n) is 23.4. The van der Waals surface area contributed by atoms with Gasteiger partial charge < -0.3 is 35.6 Å². The molecule has 4 aromatic carbocycles. The number of nitrogen functional groups attached to an aromatic ring is 1. The number of ether oxygens (including phenoxy) is 2. The van der Waals surface area contributed by atoms with Crippen LogP contribution < -0.4 is 11.1 Å². The lowest BCUT2D eigenvalue weighted by Crippen LogP contribution is -2.42. The number of rotatable bonds is 11. The third kappa shape index (κ3) is 16.8. The standard InChI is InChI=1S/C34H34N6O4.C22H27N3O5.C12H9N3/c1-21(41)29-30(39-31(38-29)27-7-5-6-18-40(27)33(43)44-34(2,3)4)24-12-14-25(15-13-24)32(42)37-28-19-26(16-17-36-28)23-10-8-22(20-35)9-11-23;1-13(26)17-18(14-8-10-15(11-9-14)20(27)28)24-19(23-17)16-7-5-6-12-25(16)21(29)30-22(2,3)4;13-8-9-1-3-10(4-2-9)11-5-6-15-12(14)7-11/h8-17,19,27H,5-7,18H2,1-4H3,(H,38,39)(H,36,37,42);8-11,16H,5-7,12H2,1-4H3,(H,23,24)(H,27,28);1-7H,(H2,14,15)/t27-;16-;/m00./s1. The fourth-order valence-electron chi connectivity index (χ4n) is 10.1. The fourth-order valence-corrected chi connectivity index (χ4v) is 10.1. The zero-order valence-corrected chi connectivity index (χ0v) is 50.9. The van der Waals surface area contributed by atoms with Crippen molar-refractivity contribution < 1.29 is 43.3 Å². The predicted molar refractivity (Wildman–Crippen MR) is 335 cm³/mol. The monoisotopic (exact) mass is 1200 g/mol. The fraction of sp³-hybridized carbons (Fsp3) is 0.294. The predicted octanol–water partition coefficient (Wildman–Crippen LogP) is 13.6. The number of ketones is 2. The first-order chi connectivity index (χ1) is 42.4. The van der Waals surface area contributed by atoms with Crippen molar-refractivity contribution in [2.45, 2.75) is 117 Å². The van der Waals surface area contributed by atoms with Crippen molar-refractivity contribution in [2.24, 2.45) is 0 Å². The van der Waals surface area contributed by atoms with E-state index in [0.717, 1.165) is 47.9 Å². The number of carbonyl (C=O) groups is 6. The Balaban J connectivity index is 0.000000195. The molecule has 2 atom stereocenters. The maximum absolute atomic E-state index is 13.1. The molecule has 4 aromatic heterocycles. The highest BCUT2D eigenvalue weighted by molar-refractivity contribution is 6.05. The lowest BCUT2D eigenvalue weighted by molar-refractivity contribution is 0.00758. The van der Waals surface area contributed by atoms with E-state index in [9.17, 15) is 28.8 Å². The highest BCUT2D eigenvalue weighted by Crippen LogP contribution is 2.36. The van der Waals surface area contributed by atoms with Crippen LogP contribution >= 0.6 is 0 Å². The van der Waals surface area contributed by atoms with Crippen LogP contribution in [0, 0.1) is 22.7 Å². The Bertz CT molecular complexity index is 3960. The lowest BCUT2D eigenvalue weighted by atomic mass is 10.0. The van der Waals surface area contributed by atoms with Gasteiger partial charge in [0.25, 0.3) is 5.91 Å². The number of H-pyrrole nitrogens is 2. The Morgan fingerprint density at radius 3 is 1.36 bits per heavy atom. The molecule has 89 heavy (non-hydrogen) atoms. The number of hydrogen-bond acceptors (Lipinski definition) is 15. The van der Waals surface area contributed by atoms with E-state index < -0.39 is 29.4 Å². The van der Waals surface area contributed by atoms with E-state index >= 15 is 0 Å². The van der Waals surface area contributed by atoms with E-state index in [4.69, 9.17) is 35.8 Å². The molecule has 3 amide bonds. The molecule has 2 aliphatic heterocycles. The van der Waals surface area contributed by atoms with Crippen LogP contribution in [0.3, 0.4) is 0 Å². The summed E-state index contributed by atoms with van der Waals surface area (Å²) in [6.07, 6.45) is 7.47. The summed E-state index contributed by atoms with van der Waals surface area (Å²) in [7, 11) is 0. The number of nitriles is 2. The Labute approximate surface area is 516 Å². The van der Waals surface area contributed by atoms with Crippen molar-refractivity contribution in [3.63, 3.8) is 0 Å². The van der Waals surface area contributed by atoms with Gasteiger partial charge >= 0.3 is 18.2 Å². The molecule has 2 aliphatic rings. The first kappa shape index (κ1) is 64.2. The molecule has 8 aromatic rings. The molecule has 10 rings (SSSR count). The normalized spacial score (nSPS) is 14.7. The molecule has 6 N–H and O–H groups in total. The lowest BCUT2D eigenvalue weighted by Gasteiger charge is -2.35. The van der Waals surface area contributed by atoms with Crippen LogP contribution in [-0.2, 0) is 9.47 Å². The molecule has 2 saturated heterocycles. The van der Waals surface area contributed by atoms with Gasteiger partial charge in [0.1, 0.15) is 45.9 Å². The second-order valence-corrected chi connectivity index (χ2v) is 23.4. The smallest absolute Gasteiger partial charge is 0.410 e. The Morgan fingerprint density at radius 2 is 0.966 bits per heavy atom. The van der Waals surface area contributed by atoms with Gasteiger partial charge in [0.15, 0.2) is 11.6 Å². The molecular weight excluding hydrogens is 1130 g/mol. The van der Waals surface area contributed by atoms with Crippen LogP contribution in [0.2, 0.25) is 0 Å². The summed E-state index contributed by atoms with van der Waals surface area (Å²) in [5.41, 5.74) is 12.8. The number of Topliss-reactive ketones (excluding diaryl/α,β-unsaturated/α-hetero) is 2. The van der Waals surface area contributed by atoms with E-state index in [1.54, 1.807) is 95.0 Å². The van der Waals surface area contributed by atoms with Crippen molar-refractivity contribution in [2.75, 3.05) is 24.1 Å². The summed E-state index contributed by atoms with van der Waals surface area (Å²) in [5, 5.41) is 29.6. The number of imidazole rings is 2. The quantitative estimate of drug-likeness (QED) is 0.0752. The minimum absolute atomic E-state index is 0.155. The number of carboxylic acid groups (broad SMARTS) is 1. The number of nitrogens with one attached hydrogen (secondary N) is 3. The van der Waals surface area contributed by atoms with Crippen molar-refractivity contribution in [3.8, 4) is 56.9 Å². The number of nitrogens with zero attached hydrogens (tertiary/aromatic N) is 8. The number of piperidine rings is 2. The number of aromatic amines is 2. The number of amides is 3. The Morgan fingerprint density at radius 1 is 0.562 bits per heavy atom. The van der Waals surface area contributed by atoms with Gasteiger partial charge in [-0.1, -0.05) is 48.5 Å². The van der Waals surface area contributed by atoms with Gasteiger partial charge in [-0.2, -0.15) is 10.5 Å². The van der Waals surface area contributed by atoms with Crippen LogP contribution in [0.1, 0.15) is 170 Å². The topological polar surface area (TPSA) is 316 Å². The number of carboxylic acids is 1. The minimum Gasteiger partial charge on any atom is -0.478 e. The van der Waals surface area contributed by atoms with Gasteiger partial charge in [0.05, 0.1) is 52.3 Å². The maximum Gasteiger partial charge on any atom is 0.410 e. The minimum atomic E-state index is -1.02. The maximum atomic E-state index is 13.1. The summed E-state index contributed by atoms with van der Waals surface area (Å²) in [6.45, 7) is 15.0. The molecule has 21 heteroatoms. The number of hydrogen-bond donors (Lipinski definition) is 5. The van der Waals surface area contributed by atoms with E-state index in [1.807, 2.05) is 77.9 Å². The number of anilines is 2. The first-order valence-electron chi connectivity index (χ1n) is 29.0. The van der Waals surface area contributed by atoms with Crippen LogP contribution in [0.25, 0.3) is 44.8 Å². The number of aromatic carboxylic acids is 1. The van der Waals surface area contributed by atoms with E-state index in [1.165, 1.54) is 26.0 Å². The van der Waals surface area contributed by atoms with Crippen molar-refractivity contribution in [1.29, 1.82) is 10.5 Å². The first-order valence-corrected chi connectivity index (χ1v) is 29.0. The van der Waals surface area contributed by atoms with Crippen LogP contribution in [0.5, 0.6) is 0 Å². The average molecular weight is 1200 g/mol. The third-order valence-corrected chi connectivity index (χ3v) is 14.3. The SMILES string of the molecule is CC(=O)c1[nH]c([C@@H]2CCCCN2C(=O)OC(C)(C)C)nc1-c1ccc(C(=O)Nc2cc(-c3ccc(C#N)cc3)ccn2)cc1.CC(=O)c1[nH]c([C@@H]2CCCCN2C(=O)OC(C)(C)C)nc1-c1ccc(C(=O)O)cc1.N#Cc1ccc(-c2ccnc(N)c2)cc1. The number of pyridine rings is 2. The number of aromatic nitrogens is 6. The Hall–Kier alpha value is -10.8. The molecule has 21 nitrogen and oxygen atoms in total. The molecule has 0 radical (unpaired) electrons. The largest absolute Gasteiger partial charge is 0.478 e. The van der Waals surface area contributed by atoms with Crippen LogP contribution in [-0.4, -0.2) is 105 Å². The molecule has 6 heterocycles. The molecule has 0 unspecified atom stereocenters. The van der Waals surface area contributed by atoms with Gasteiger partial charge in [-0.05, 0) is 175 Å². The van der Waals surface area contributed by atoms with Gasteiger partial charge in [-0.15, -0.1) is 0 Å². The van der Waals surface area contributed by atoms with Crippen molar-refractivity contribution in [1.82, 2.24) is 39.7 Å². The molecule has 0 saturated carbocycles. The molecule has 456 valence electrons. The number of likely N-dealkylation sites (tertiary alicyclic amines) is 2. The Kier molecular flexibility index (Phi) is 20.3. The molecule has 0 bridgehead atoms. The van der Waals surface area contributed by atoms with Gasteiger partial charge in [-0.3, -0.25) is 24.2 Å². The summed E-state index contributed by atoms with van der Waals surface area (Å²) >= 11 is 0. The van der Waals surface area contributed by atoms with Gasteiger partial charge in [0, 0.05) is 56.0 Å². The average Bonchev–Trinajstić information content (AvgIpc) is 1.83. The number of benzene rings is 4. The van der Waals surface area contributed by atoms with Crippen molar-refractivity contribution >= 4 is 47.3 Å². The molecule has 2 fully saturated rings. The third-order valence-electron chi connectivity index (χ3n) is 14.3. The summed E-state index contributed by atoms with van der Waals surface area (Å²) in [6, 6.07) is 38.4. The van der Waals surface area contributed by atoms with Gasteiger partial charge in [-0.25, -0.2) is 34.3 Å². The van der Waals surface area contributed by atoms with Crippen LogP contribution in [0.15, 0.2) is 134 Å². The highest BCUT2D eigenvalue weighted by Gasteiger charge is 2.36. The number of carbonyl (C=O) groups excluding carboxylic acids is 5. The van der Waals surface area contributed by atoms with E-state index in [-0.39, 0.29) is 35.1 Å². The molecule has 0 spiro atoms. The molecular formula is C68H70N12O9. The highest BCUT2D eigenvalue weighted by atomic mass is 16.6. The molecule has 0 aliphatic carbocycles. The zero-order valence-electron chi connectivity index (χ0n) is 50.9. The second kappa shape index (κ2) is 28.1. The zero-order chi connectivity index (χ0) is 64.2. The van der Waals surface area contributed by atoms with Crippen LogP contribution in [0.4, 0.5) is 21.2 Å². The summed E-state index contributed by atoms with van der Waals surface area (Å²) < 4.78 is 11.2. The van der Waals surface area contributed by atoms with E-state index in [2.05, 4.69) is 42.4 Å². The number of nitrogens with two attached hydrogens (primary N) is 1. The summed E-state index contributed by atoms with van der Waals surface area (Å²) in [4.78, 5) is 102. The van der Waals surface area contributed by atoms with Gasteiger partial charge in [0.2, 0.25) is 0 Å². The van der Waals surface area contributed by atoms with Crippen molar-refractivity contribution in [3.05, 3.63) is 179 Å². The summed E-state index contributed by atoms with van der Waals surface area (Å²) in [5.74, 6) is 0.209.